The molecule has 1 saturated heterocycles. The third-order valence-corrected chi connectivity index (χ3v) is 4.68. The van der Waals surface area contributed by atoms with Crippen molar-refractivity contribution in [3.05, 3.63) is 83.4 Å². The van der Waals surface area contributed by atoms with Crippen molar-refractivity contribution in [2.75, 3.05) is 13.2 Å². The summed E-state index contributed by atoms with van der Waals surface area (Å²) in [5, 5.41) is 11.1. The zero-order valence-electron chi connectivity index (χ0n) is 12.9. The number of benzene rings is 2. The van der Waals surface area contributed by atoms with E-state index in [1.807, 2.05) is 66.7 Å². The van der Waals surface area contributed by atoms with E-state index in [2.05, 4.69) is 0 Å². The molecule has 0 bridgehead atoms. The average Bonchev–Trinajstić information content (AvgIpc) is 3.26. The van der Waals surface area contributed by atoms with Crippen LogP contribution in [0.1, 0.15) is 29.5 Å². The second-order valence-corrected chi connectivity index (χ2v) is 6.09. The molecule has 1 atom stereocenters. The van der Waals surface area contributed by atoms with E-state index in [1.54, 1.807) is 0 Å². The lowest BCUT2D eigenvalue weighted by atomic mass is 9.84. The fourth-order valence-corrected chi connectivity index (χ4v) is 3.58. The summed E-state index contributed by atoms with van der Waals surface area (Å²) in [7, 11) is 0. The van der Waals surface area contributed by atoms with Crippen molar-refractivity contribution in [3.8, 4) is 0 Å². The zero-order chi connectivity index (χ0) is 15.8. The first kappa shape index (κ1) is 14.6. The van der Waals surface area contributed by atoms with Crippen LogP contribution in [-0.2, 0) is 20.9 Å². The largest absolute Gasteiger partial charge is 0.381 e. The van der Waals surface area contributed by atoms with E-state index in [1.165, 1.54) is 0 Å². The number of allylic oxidation sites excluding steroid dienone is 1. The van der Waals surface area contributed by atoms with Gasteiger partial charge in [-0.05, 0) is 18.4 Å². The number of hydrogen-bond donors (Lipinski definition) is 1. The van der Waals surface area contributed by atoms with Crippen LogP contribution in [0.15, 0.2) is 66.7 Å². The van der Waals surface area contributed by atoms with E-state index < -0.39 is 11.4 Å². The van der Waals surface area contributed by atoms with Crippen LogP contribution in [0.3, 0.4) is 0 Å². The summed E-state index contributed by atoms with van der Waals surface area (Å²) in [4.78, 5) is 0. The monoisotopic (exact) mass is 308 g/mol. The molecule has 3 nitrogen and oxygen atoms in total. The predicted molar refractivity (Wildman–Crippen MR) is 87.8 cm³/mol. The highest BCUT2D eigenvalue weighted by molar-refractivity contribution is 5.45. The maximum atomic E-state index is 11.1. The lowest BCUT2D eigenvalue weighted by molar-refractivity contribution is -0.132. The lowest BCUT2D eigenvalue weighted by Gasteiger charge is -2.34. The molecule has 118 valence electrons. The van der Waals surface area contributed by atoms with Gasteiger partial charge in [0.25, 0.3) is 0 Å². The second kappa shape index (κ2) is 5.60. The number of rotatable bonds is 3. The molecule has 0 aromatic heterocycles. The van der Waals surface area contributed by atoms with Gasteiger partial charge in [0.2, 0.25) is 5.79 Å². The quantitative estimate of drug-likeness (QED) is 0.882. The van der Waals surface area contributed by atoms with Gasteiger partial charge in [-0.2, -0.15) is 0 Å². The van der Waals surface area contributed by atoms with Crippen LogP contribution in [0.4, 0.5) is 0 Å². The second-order valence-electron chi connectivity index (χ2n) is 6.09. The van der Waals surface area contributed by atoms with E-state index in [0.29, 0.717) is 19.6 Å². The summed E-state index contributed by atoms with van der Waals surface area (Å²) in [6.45, 7) is 1.08. The van der Waals surface area contributed by atoms with Crippen LogP contribution >= 0.6 is 0 Å². The predicted octanol–water partition coefficient (Wildman–Crippen LogP) is 3.47. The van der Waals surface area contributed by atoms with Gasteiger partial charge >= 0.3 is 0 Å². The number of hydrogen-bond acceptors (Lipinski definition) is 3. The van der Waals surface area contributed by atoms with Crippen molar-refractivity contribution in [1.29, 1.82) is 0 Å². The molecule has 0 amide bonds. The number of aliphatic hydroxyl groups is 1. The van der Waals surface area contributed by atoms with Gasteiger partial charge in [-0.15, -0.1) is 0 Å². The minimum Gasteiger partial charge on any atom is -0.381 e. The van der Waals surface area contributed by atoms with Crippen LogP contribution < -0.4 is 0 Å². The minimum atomic E-state index is -0.951. The summed E-state index contributed by atoms with van der Waals surface area (Å²) in [5.41, 5.74) is 1.75. The Bertz CT molecular complexity index is 717. The van der Waals surface area contributed by atoms with E-state index in [-0.39, 0.29) is 0 Å². The topological polar surface area (TPSA) is 38.7 Å². The molecule has 2 aliphatic rings. The summed E-state index contributed by atoms with van der Waals surface area (Å²) in [6.07, 6.45) is 5.49. The molecular weight excluding hydrogens is 288 g/mol. The molecule has 1 N–H and O–H groups in total. The summed E-state index contributed by atoms with van der Waals surface area (Å²) in [6, 6.07) is 17.9. The van der Waals surface area contributed by atoms with Crippen LogP contribution in [-0.4, -0.2) is 18.3 Å². The Morgan fingerprint density at radius 2 is 1.48 bits per heavy atom. The summed E-state index contributed by atoms with van der Waals surface area (Å²) in [5.74, 6) is -0.940. The van der Waals surface area contributed by atoms with Crippen molar-refractivity contribution >= 4 is 0 Å². The Hall–Kier alpha value is -1.94. The molecule has 2 aromatic carbocycles. The fraction of sp³-hybridized carbons (Fsp3) is 0.300. The SMILES string of the molecule is OC1(c2ccccc2C2(c3ccccc3)OCCO2)C=CCC1. The van der Waals surface area contributed by atoms with Gasteiger partial charge in [0.05, 0.1) is 13.2 Å². The molecule has 2 aromatic rings. The van der Waals surface area contributed by atoms with Crippen molar-refractivity contribution in [1.82, 2.24) is 0 Å². The summed E-state index contributed by atoms with van der Waals surface area (Å²) < 4.78 is 12.2. The van der Waals surface area contributed by atoms with E-state index in [0.717, 1.165) is 23.1 Å². The molecule has 0 saturated carbocycles. The third-order valence-electron chi connectivity index (χ3n) is 4.68. The van der Waals surface area contributed by atoms with Crippen LogP contribution in [0, 0.1) is 0 Å². The standard InChI is InChI=1S/C20H20O3/c21-19(12-6-7-13-19)17-10-4-5-11-18(17)20(22-14-15-23-20)16-8-2-1-3-9-16/h1-6,8-12,21H,7,13-15H2. The normalized spacial score (nSPS) is 25.8. The minimum absolute atomic E-state index is 0.539. The first-order chi connectivity index (χ1) is 11.2. The van der Waals surface area contributed by atoms with E-state index in [9.17, 15) is 5.11 Å². The molecule has 0 radical (unpaired) electrons. The lowest BCUT2D eigenvalue weighted by Crippen LogP contribution is -2.33. The van der Waals surface area contributed by atoms with Gasteiger partial charge in [-0.3, -0.25) is 0 Å². The first-order valence-electron chi connectivity index (χ1n) is 8.08. The molecule has 1 unspecified atom stereocenters. The fourth-order valence-electron chi connectivity index (χ4n) is 3.58. The Morgan fingerprint density at radius 3 is 2.13 bits per heavy atom. The highest BCUT2D eigenvalue weighted by atomic mass is 16.7. The van der Waals surface area contributed by atoms with Gasteiger partial charge in [0.1, 0.15) is 5.60 Å². The molecule has 1 heterocycles. The Morgan fingerprint density at radius 1 is 0.826 bits per heavy atom. The van der Waals surface area contributed by atoms with Crippen molar-refractivity contribution in [2.24, 2.45) is 0 Å². The highest BCUT2D eigenvalue weighted by Crippen LogP contribution is 2.44. The molecular formula is C20H20O3. The Balaban J connectivity index is 1.90. The van der Waals surface area contributed by atoms with E-state index >= 15 is 0 Å². The van der Waals surface area contributed by atoms with Gasteiger partial charge in [0, 0.05) is 11.1 Å². The van der Waals surface area contributed by atoms with Gasteiger partial charge in [-0.25, -0.2) is 0 Å². The molecule has 0 spiro atoms. The van der Waals surface area contributed by atoms with Crippen molar-refractivity contribution in [3.63, 3.8) is 0 Å². The summed E-state index contributed by atoms with van der Waals surface area (Å²) >= 11 is 0. The van der Waals surface area contributed by atoms with Crippen LogP contribution in [0.2, 0.25) is 0 Å². The maximum Gasteiger partial charge on any atom is 0.222 e. The van der Waals surface area contributed by atoms with Crippen LogP contribution in [0.5, 0.6) is 0 Å². The molecule has 1 aliphatic heterocycles. The number of ether oxygens (including phenoxy) is 2. The average molecular weight is 308 g/mol. The highest BCUT2D eigenvalue weighted by Gasteiger charge is 2.45. The molecule has 1 aliphatic carbocycles. The molecule has 3 heteroatoms. The van der Waals surface area contributed by atoms with Gasteiger partial charge in [-0.1, -0.05) is 66.7 Å². The van der Waals surface area contributed by atoms with Crippen molar-refractivity contribution < 1.29 is 14.6 Å². The van der Waals surface area contributed by atoms with Gasteiger partial charge < -0.3 is 14.6 Å². The smallest absolute Gasteiger partial charge is 0.222 e. The van der Waals surface area contributed by atoms with Crippen molar-refractivity contribution in [2.45, 2.75) is 24.2 Å². The first-order valence-corrected chi connectivity index (χ1v) is 8.08. The Labute approximate surface area is 136 Å². The molecule has 4 rings (SSSR count). The maximum absolute atomic E-state index is 11.1. The zero-order valence-corrected chi connectivity index (χ0v) is 12.9. The Kier molecular flexibility index (Phi) is 3.57. The molecule has 1 fully saturated rings. The third kappa shape index (κ3) is 2.32. The van der Waals surface area contributed by atoms with Gasteiger partial charge in [0.15, 0.2) is 0 Å². The molecule has 23 heavy (non-hydrogen) atoms. The van der Waals surface area contributed by atoms with Crippen LogP contribution in [0.25, 0.3) is 0 Å². The van der Waals surface area contributed by atoms with E-state index in [4.69, 9.17) is 9.47 Å².